The summed E-state index contributed by atoms with van der Waals surface area (Å²) >= 11 is 5.90. The Kier molecular flexibility index (Phi) is 6.33. The lowest BCUT2D eigenvalue weighted by Gasteiger charge is -2.09. The van der Waals surface area contributed by atoms with Gasteiger partial charge >= 0.3 is 6.03 Å². The number of rotatable bonds is 7. The van der Waals surface area contributed by atoms with E-state index >= 15 is 0 Å². The SMILES string of the molecule is COc1ccccc1CCNC(=O)NCc1cnn(-c2ccc(Cl)cc2)c1. The molecule has 7 heteroatoms. The third-order valence-corrected chi connectivity index (χ3v) is 4.30. The van der Waals surface area contributed by atoms with Crippen molar-refractivity contribution in [1.82, 2.24) is 20.4 Å². The second-order valence-corrected chi connectivity index (χ2v) is 6.38. The van der Waals surface area contributed by atoms with Gasteiger partial charge in [0.1, 0.15) is 5.75 Å². The summed E-state index contributed by atoms with van der Waals surface area (Å²) in [7, 11) is 1.64. The lowest BCUT2D eigenvalue weighted by atomic mass is 10.1. The Morgan fingerprint density at radius 1 is 1.15 bits per heavy atom. The number of ether oxygens (including phenoxy) is 1. The number of benzene rings is 2. The number of nitrogens with one attached hydrogen (secondary N) is 2. The molecule has 1 heterocycles. The molecule has 27 heavy (non-hydrogen) atoms. The first kappa shape index (κ1) is 18.8. The van der Waals surface area contributed by atoms with Gasteiger partial charge in [-0.05, 0) is 42.3 Å². The van der Waals surface area contributed by atoms with Crippen LogP contribution in [-0.4, -0.2) is 29.5 Å². The highest BCUT2D eigenvalue weighted by atomic mass is 35.5. The summed E-state index contributed by atoms with van der Waals surface area (Å²) < 4.78 is 7.05. The topological polar surface area (TPSA) is 68.2 Å². The molecule has 0 aliphatic rings. The maximum Gasteiger partial charge on any atom is 0.315 e. The predicted molar refractivity (Wildman–Crippen MR) is 106 cm³/mol. The van der Waals surface area contributed by atoms with E-state index in [-0.39, 0.29) is 6.03 Å². The van der Waals surface area contributed by atoms with Gasteiger partial charge in [-0.3, -0.25) is 0 Å². The molecule has 0 saturated carbocycles. The largest absolute Gasteiger partial charge is 0.496 e. The highest BCUT2D eigenvalue weighted by Crippen LogP contribution is 2.17. The average molecular weight is 385 g/mol. The van der Waals surface area contributed by atoms with Crippen LogP contribution in [0.2, 0.25) is 5.02 Å². The van der Waals surface area contributed by atoms with E-state index in [2.05, 4.69) is 15.7 Å². The molecule has 2 amide bonds. The van der Waals surface area contributed by atoms with Crippen molar-refractivity contribution in [3.8, 4) is 11.4 Å². The number of urea groups is 1. The molecule has 140 valence electrons. The van der Waals surface area contributed by atoms with Crippen molar-refractivity contribution in [1.29, 1.82) is 0 Å². The molecular weight excluding hydrogens is 364 g/mol. The molecule has 2 N–H and O–H groups in total. The fourth-order valence-corrected chi connectivity index (χ4v) is 2.78. The lowest BCUT2D eigenvalue weighted by Crippen LogP contribution is -2.36. The summed E-state index contributed by atoms with van der Waals surface area (Å²) in [6, 6.07) is 15.0. The number of carbonyl (C=O) groups excluding carboxylic acids is 1. The third-order valence-electron chi connectivity index (χ3n) is 4.05. The molecule has 0 saturated heterocycles. The second-order valence-electron chi connectivity index (χ2n) is 5.94. The molecule has 0 bridgehead atoms. The average Bonchev–Trinajstić information content (AvgIpc) is 3.16. The van der Waals surface area contributed by atoms with Gasteiger partial charge in [0.25, 0.3) is 0 Å². The number of nitrogens with zero attached hydrogens (tertiary/aromatic N) is 2. The van der Waals surface area contributed by atoms with E-state index < -0.39 is 0 Å². The van der Waals surface area contributed by atoms with Crippen LogP contribution >= 0.6 is 11.6 Å². The molecule has 2 aromatic carbocycles. The number of hydrogen-bond acceptors (Lipinski definition) is 3. The zero-order valence-electron chi connectivity index (χ0n) is 15.0. The van der Waals surface area contributed by atoms with Gasteiger partial charge in [-0.25, -0.2) is 9.48 Å². The van der Waals surface area contributed by atoms with Gasteiger partial charge in [0.15, 0.2) is 0 Å². The van der Waals surface area contributed by atoms with E-state index in [1.54, 1.807) is 18.0 Å². The summed E-state index contributed by atoms with van der Waals surface area (Å²) in [5, 5.41) is 10.7. The summed E-state index contributed by atoms with van der Waals surface area (Å²) in [5.41, 5.74) is 2.88. The van der Waals surface area contributed by atoms with E-state index in [4.69, 9.17) is 16.3 Å². The van der Waals surface area contributed by atoms with E-state index in [9.17, 15) is 4.79 Å². The Labute approximate surface area is 163 Å². The summed E-state index contributed by atoms with van der Waals surface area (Å²) in [5.74, 6) is 0.828. The van der Waals surface area contributed by atoms with Gasteiger partial charge in [-0.1, -0.05) is 29.8 Å². The molecule has 0 unspecified atom stereocenters. The van der Waals surface area contributed by atoms with Crippen LogP contribution in [0.1, 0.15) is 11.1 Å². The van der Waals surface area contributed by atoms with Gasteiger partial charge in [-0.15, -0.1) is 0 Å². The van der Waals surface area contributed by atoms with Crippen LogP contribution < -0.4 is 15.4 Å². The molecule has 6 nitrogen and oxygen atoms in total. The summed E-state index contributed by atoms with van der Waals surface area (Å²) in [6.45, 7) is 0.921. The van der Waals surface area contributed by atoms with Gasteiger partial charge in [0, 0.05) is 29.9 Å². The zero-order chi connectivity index (χ0) is 19.1. The number of amides is 2. The molecule has 0 fully saturated rings. The molecule has 0 aliphatic heterocycles. The van der Waals surface area contributed by atoms with Crippen LogP contribution in [0.4, 0.5) is 4.79 Å². The number of hydrogen-bond donors (Lipinski definition) is 2. The number of aromatic nitrogens is 2. The highest BCUT2D eigenvalue weighted by Gasteiger charge is 2.05. The van der Waals surface area contributed by atoms with Crippen LogP contribution in [0.15, 0.2) is 60.9 Å². The predicted octanol–water partition coefficient (Wildman–Crippen LogP) is 3.58. The van der Waals surface area contributed by atoms with Gasteiger partial charge < -0.3 is 15.4 Å². The van der Waals surface area contributed by atoms with E-state index in [1.165, 1.54) is 0 Å². The molecule has 0 atom stereocenters. The monoisotopic (exact) mass is 384 g/mol. The van der Waals surface area contributed by atoms with Crippen molar-refractivity contribution in [2.45, 2.75) is 13.0 Å². The normalized spacial score (nSPS) is 10.4. The Hall–Kier alpha value is -2.99. The number of para-hydroxylation sites is 1. The molecular formula is C20H21ClN4O2. The van der Waals surface area contributed by atoms with Crippen LogP contribution in [0, 0.1) is 0 Å². The standard InChI is InChI=1S/C20H21ClN4O2/c1-27-19-5-3-2-4-16(19)10-11-22-20(26)23-12-15-13-24-25(14-15)18-8-6-17(21)7-9-18/h2-9,13-14H,10-12H2,1H3,(H2,22,23,26). The van der Waals surface area contributed by atoms with Crippen molar-refractivity contribution < 1.29 is 9.53 Å². The fourth-order valence-electron chi connectivity index (χ4n) is 2.65. The quantitative estimate of drug-likeness (QED) is 0.654. The Morgan fingerprint density at radius 3 is 2.70 bits per heavy atom. The Balaban J connectivity index is 1.45. The number of carbonyl (C=O) groups is 1. The van der Waals surface area contributed by atoms with E-state index in [0.717, 1.165) is 22.6 Å². The summed E-state index contributed by atoms with van der Waals surface area (Å²) in [4.78, 5) is 12.0. The lowest BCUT2D eigenvalue weighted by molar-refractivity contribution is 0.240. The molecule has 3 aromatic rings. The molecule has 0 spiro atoms. The van der Waals surface area contributed by atoms with Crippen molar-refractivity contribution in [3.05, 3.63) is 77.1 Å². The van der Waals surface area contributed by atoms with Gasteiger partial charge in [-0.2, -0.15) is 5.10 Å². The Bertz CT molecular complexity index is 893. The van der Waals surface area contributed by atoms with Gasteiger partial charge in [0.05, 0.1) is 19.0 Å². The van der Waals surface area contributed by atoms with E-state index in [0.29, 0.717) is 24.5 Å². The van der Waals surface area contributed by atoms with Crippen molar-refractivity contribution >= 4 is 17.6 Å². The first-order chi connectivity index (χ1) is 13.2. The molecule has 0 radical (unpaired) electrons. The maximum absolute atomic E-state index is 12.0. The molecule has 3 rings (SSSR count). The van der Waals surface area contributed by atoms with Crippen LogP contribution in [0.25, 0.3) is 5.69 Å². The minimum atomic E-state index is -0.218. The third kappa shape index (κ3) is 5.24. The minimum absolute atomic E-state index is 0.218. The first-order valence-electron chi connectivity index (χ1n) is 8.59. The number of halogens is 1. The fraction of sp³-hybridized carbons (Fsp3) is 0.200. The van der Waals surface area contributed by atoms with Crippen molar-refractivity contribution in [2.24, 2.45) is 0 Å². The number of methoxy groups -OCH3 is 1. The zero-order valence-corrected chi connectivity index (χ0v) is 15.7. The van der Waals surface area contributed by atoms with Crippen LogP contribution in [-0.2, 0) is 13.0 Å². The van der Waals surface area contributed by atoms with Crippen LogP contribution in [0.3, 0.4) is 0 Å². The second kappa shape index (κ2) is 9.09. The molecule has 1 aromatic heterocycles. The van der Waals surface area contributed by atoms with Gasteiger partial charge in [0.2, 0.25) is 0 Å². The first-order valence-corrected chi connectivity index (χ1v) is 8.96. The van der Waals surface area contributed by atoms with E-state index in [1.807, 2.05) is 54.7 Å². The molecule has 0 aliphatic carbocycles. The van der Waals surface area contributed by atoms with Crippen molar-refractivity contribution in [2.75, 3.05) is 13.7 Å². The smallest absolute Gasteiger partial charge is 0.315 e. The Morgan fingerprint density at radius 2 is 1.93 bits per heavy atom. The summed E-state index contributed by atoms with van der Waals surface area (Å²) in [6.07, 6.45) is 4.30. The highest BCUT2D eigenvalue weighted by molar-refractivity contribution is 6.30. The minimum Gasteiger partial charge on any atom is -0.496 e. The van der Waals surface area contributed by atoms with Crippen LogP contribution in [0.5, 0.6) is 5.75 Å². The maximum atomic E-state index is 12.0. The van der Waals surface area contributed by atoms with Crippen molar-refractivity contribution in [3.63, 3.8) is 0 Å².